The minimum absolute atomic E-state index is 0.0584. The van der Waals surface area contributed by atoms with Crippen LogP contribution in [0.15, 0.2) is 0 Å². The lowest BCUT2D eigenvalue weighted by atomic mass is 9.94. The number of thioether (sulfide) groups is 1. The molecule has 4 nitrogen and oxygen atoms in total. The first kappa shape index (κ1) is 17.4. The molecule has 3 atom stereocenters. The summed E-state index contributed by atoms with van der Waals surface area (Å²) in [6, 6.07) is 0.0584. The van der Waals surface area contributed by atoms with Crippen LogP contribution in [0.4, 0.5) is 13.2 Å². The largest absolute Gasteiger partial charge is 0.406 e. The van der Waals surface area contributed by atoms with E-state index in [0.29, 0.717) is 5.25 Å². The number of halogens is 3. The van der Waals surface area contributed by atoms with Crippen LogP contribution in [0.5, 0.6) is 0 Å². The quantitative estimate of drug-likeness (QED) is 0.855. The molecule has 2 rings (SSSR count). The minimum Gasteiger partial charge on any atom is -0.352 e. The van der Waals surface area contributed by atoms with Crippen LogP contribution >= 0.6 is 11.8 Å². The molecule has 2 fully saturated rings. The highest BCUT2D eigenvalue weighted by Gasteiger charge is 2.41. The fourth-order valence-corrected chi connectivity index (χ4v) is 4.10. The van der Waals surface area contributed by atoms with Gasteiger partial charge in [0.25, 0.3) is 0 Å². The van der Waals surface area contributed by atoms with Crippen molar-refractivity contribution in [2.24, 2.45) is 5.92 Å². The van der Waals surface area contributed by atoms with E-state index in [2.05, 4.69) is 5.32 Å². The van der Waals surface area contributed by atoms with E-state index in [9.17, 15) is 22.8 Å². The highest BCUT2D eigenvalue weighted by atomic mass is 32.2. The zero-order valence-electron chi connectivity index (χ0n) is 12.5. The van der Waals surface area contributed by atoms with Gasteiger partial charge in [0.1, 0.15) is 6.54 Å². The van der Waals surface area contributed by atoms with Gasteiger partial charge in [-0.05, 0) is 19.1 Å². The molecule has 1 saturated carbocycles. The molecule has 2 amide bonds. The summed E-state index contributed by atoms with van der Waals surface area (Å²) in [6.07, 6.45) is 1.57. The van der Waals surface area contributed by atoms with Gasteiger partial charge in [-0.15, -0.1) is 0 Å². The third kappa shape index (κ3) is 4.54. The summed E-state index contributed by atoms with van der Waals surface area (Å²) >= 11 is 1.71. The van der Waals surface area contributed by atoms with Crippen molar-refractivity contribution in [3.05, 3.63) is 0 Å². The Balaban J connectivity index is 1.89. The Hall–Kier alpha value is -0.920. The highest BCUT2D eigenvalue weighted by Crippen LogP contribution is 2.28. The van der Waals surface area contributed by atoms with E-state index in [1.54, 1.807) is 11.8 Å². The normalized spacial score (nSPS) is 29.7. The number of amides is 2. The van der Waals surface area contributed by atoms with E-state index < -0.39 is 24.5 Å². The molecule has 0 aromatic carbocycles. The molecule has 2 aliphatic rings. The van der Waals surface area contributed by atoms with Crippen LogP contribution in [-0.2, 0) is 9.59 Å². The van der Waals surface area contributed by atoms with E-state index in [1.165, 1.54) is 0 Å². The number of likely N-dealkylation sites (tertiary alicyclic amines) is 1. The van der Waals surface area contributed by atoms with Gasteiger partial charge in [0, 0.05) is 24.3 Å². The Kier molecular flexibility index (Phi) is 5.63. The molecule has 1 aliphatic heterocycles. The van der Waals surface area contributed by atoms with Crippen LogP contribution in [0, 0.1) is 5.92 Å². The smallest absolute Gasteiger partial charge is 0.352 e. The second-order valence-electron chi connectivity index (χ2n) is 5.96. The van der Waals surface area contributed by atoms with Crippen molar-refractivity contribution in [2.45, 2.75) is 49.6 Å². The third-order valence-corrected chi connectivity index (χ3v) is 5.46. The Morgan fingerprint density at radius 3 is 2.68 bits per heavy atom. The number of hydrogen-bond acceptors (Lipinski definition) is 3. The van der Waals surface area contributed by atoms with Crippen LogP contribution in [-0.4, -0.2) is 53.5 Å². The molecule has 0 spiro atoms. The van der Waals surface area contributed by atoms with Crippen LogP contribution < -0.4 is 5.32 Å². The Labute approximate surface area is 132 Å². The maximum absolute atomic E-state index is 12.4. The lowest BCUT2D eigenvalue weighted by molar-refractivity contribution is -0.157. The first-order chi connectivity index (χ1) is 10.3. The van der Waals surface area contributed by atoms with Gasteiger partial charge in [0.05, 0.1) is 5.92 Å². The lowest BCUT2D eigenvalue weighted by Crippen LogP contribution is -2.46. The van der Waals surface area contributed by atoms with Crippen LogP contribution in [0.1, 0.15) is 32.1 Å². The van der Waals surface area contributed by atoms with E-state index in [-0.39, 0.29) is 24.9 Å². The van der Waals surface area contributed by atoms with Crippen molar-refractivity contribution in [1.82, 2.24) is 10.2 Å². The molecule has 126 valence electrons. The Morgan fingerprint density at radius 2 is 2.05 bits per heavy atom. The van der Waals surface area contributed by atoms with Crippen LogP contribution in [0.3, 0.4) is 0 Å². The molecular formula is C14H21F3N2O2S. The standard InChI is InChI=1S/C14H21F3N2O2S/c1-22-11-5-3-2-4-10(11)18-13(21)9-6-12(20)19(7-9)8-14(15,16)17/h9-11H,2-8H2,1H3,(H,18,21)/t9-,10-,11-/m1/s1. The molecule has 0 radical (unpaired) electrons. The molecule has 0 unspecified atom stereocenters. The SMILES string of the molecule is CS[C@@H]1CCCC[C@H]1NC(=O)[C@@H]1CC(=O)N(CC(F)(F)F)C1. The van der Waals surface area contributed by atoms with Crippen molar-refractivity contribution in [2.75, 3.05) is 19.3 Å². The Morgan fingerprint density at radius 1 is 1.36 bits per heavy atom. The van der Waals surface area contributed by atoms with Crippen molar-refractivity contribution in [3.8, 4) is 0 Å². The van der Waals surface area contributed by atoms with Crippen molar-refractivity contribution in [3.63, 3.8) is 0 Å². The zero-order valence-corrected chi connectivity index (χ0v) is 13.3. The second kappa shape index (κ2) is 7.10. The fraction of sp³-hybridized carbons (Fsp3) is 0.857. The molecule has 0 aromatic rings. The molecule has 8 heteroatoms. The summed E-state index contributed by atoms with van der Waals surface area (Å²) in [5, 5.41) is 3.29. The summed E-state index contributed by atoms with van der Waals surface area (Å²) in [6.45, 7) is -1.41. The molecule has 22 heavy (non-hydrogen) atoms. The van der Waals surface area contributed by atoms with Crippen molar-refractivity contribution < 1.29 is 22.8 Å². The number of nitrogens with one attached hydrogen (secondary N) is 1. The van der Waals surface area contributed by atoms with Gasteiger partial charge in [-0.25, -0.2) is 0 Å². The van der Waals surface area contributed by atoms with Gasteiger partial charge in [-0.1, -0.05) is 12.8 Å². The second-order valence-corrected chi connectivity index (χ2v) is 7.04. The predicted octanol–water partition coefficient (Wildman–Crippen LogP) is 2.19. The van der Waals surface area contributed by atoms with Gasteiger partial charge >= 0.3 is 6.18 Å². The van der Waals surface area contributed by atoms with E-state index in [1.807, 2.05) is 6.26 Å². The summed E-state index contributed by atoms with van der Waals surface area (Å²) in [5.74, 6) is -1.55. The number of hydrogen-bond donors (Lipinski definition) is 1. The van der Waals surface area contributed by atoms with Gasteiger partial charge in [-0.2, -0.15) is 24.9 Å². The van der Waals surface area contributed by atoms with Crippen molar-refractivity contribution in [1.29, 1.82) is 0 Å². The van der Waals surface area contributed by atoms with Gasteiger partial charge < -0.3 is 10.2 Å². The lowest BCUT2D eigenvalue weighted by Gasteiger charge is -2.31. The fourth-order valence-electron chi connectivity index (χ4n) is 3.16. The van der Waals surface area contributed by atoms with Crippen LogP contribution in [0.25, 0.3) is 0 Å². The average molecular weight is 338 g/mol. The zero-order chi connectivity index (χ0) is 16.3. The van der Waals surface area contributed by atoms with Gasteiger partial charge in [0.2, 0.25) is 11.8 Å². The topological polar surface area (TPSA) is 49.4 Å². The highest BCUT2D eigenvalue weighted by molar-refractivity contribution is 7.99. The number of rotatable bonds is 4. The van der Waals surface area contributed by atoms with Crippen molar-refractivity contribution >= 4 is 23.6 Å². The molecule has 1 saturated heterocycles. The first-order valence-corrected chi connectivity index (χ1v) is 8.76. The molecule has 0 bridgehead atoms. The molecule has 1 aliphatic carbocycles. The molecule has 1 N–H and O–H groups in total. The van der Waals surface area contributed by atoms with E-state index >= 15 is 0 Å². The van der Waals surface area contributed by atoms with E-state index in [0.717, 1.165) is 30.6 Å². The number of carbonyl (C=O) groups excluding carboxylic acids is 2. The monoisotopic (exact) mass is 338 g/mol. The number of nitrogens with zero attached hydrogens (tertiary/aromatic N) is 1. The maximum Gasteiger partial charge on any atom is 0.406 e. The maximum atomic E-state index is 12.4. The van der Waals surface area contributed by atoms with Crippen LogP contribution in [0.2, 0.25) is 0 Å². The summed E-state index contributed by atoms with van der Waals surface area (Å²) in [5.41, 5.74) is 0. The molecular weight excluding hydrogens is 317 g/mol. The summed E-state index contributed by atoms with van der Waals surface area (Å²) in [4.78, 5) is 24.6. The summed E-state index contributed by atoms with van der Waals surface area (Å²) < 4.78 is 37.1. The Bertz CT molecular complexity index is 431. The first-order valence-electron chi connectivity index (χ1n) is 7.48. The minimum atomic E-state index is -4.42. The number of alkyl halides is 3. The van der Waals surface area contributed by atoms with Gasteiger partial charge in [0.15, 0.2) is 0 Å². The average Bonchev–Trinajstić information content (AvgIpc) is 2.79. The summed E-state index contributed by atoms with van der Waals surface area (Å²) in [7, 11) is 0. The van der Waals surface area contributed by atoms with E-state index in [4.69, 9.17) is 0 Å². The number of carbonyl (C=O) groups is 2. The molecule has 0 aromatic heterocycles. The molecule has 1 heterocycles. The third-order valence-electron chi connectivity index (χ3n) is 4.29. The predicted molar refractivity (Wildman–Crippen MR) is 78.4 cm³/mol. The van der Waals surface area contributed by atoms with Gasteiger partial charge in [-0.3, -0.25) is 9.59 Å².